The minimum absolute atomic E-state index is 0.327. The van der Waals surface area contributed by atoms with Gasteiger partial charge < -0.3 is 9.47 Å². The zero-order valence-corrected chi connectivity index (χ0v) is 15.3. The fourth-order valence-electron chi connectivity index (χ4n) is 1.90. The standard InChI is InChI=1S/C18H19BrN2O3/c1-12-4-9-17(16(19)10-12)24-13(2)18(22)21-20-11-14-5-7-15(23-3)8-6-14/h4-11,13H,1-3H3,(H,21,22)/b20-11+/t13-/m0/s1. The second-order valence-corrected chi connectivity index (χ2v) is 6.06. The first-order valence-electron chi connectivity index (χ1n) is 7.39. The lowest BCUT2D eigenvalue weighted by molar-refractivity contribution is -0.127. The SMILES string of the molecule is COc1ccc(/C=N/NC(=O)[C@H](C)Oc2ccc(C)cc2Br)cc1. The summed E-state index contributed by atoms with van der Waals surface area (Å²) in [6.45, 7) is 3.66. The highest BCUT2D eigenvalue weighted by Gasteiger charge is 2.15. The van der Waals surface area contributed by atoms with Crippen molar-refractivity contribution in [2.24, 2.45) is 5.10 Å². The van der Waals surface area contributed by atoms with E-state index in [9.17, 15) is 4.79 Å². The van der Waals surface area contributed by atoms with Crippen LogP contribution in [0, 0.1) is 6.92 Å². The highest BCUT2D eigenvalue weighted by atomic mass is 79.9. The van der Waals surface area contributed by atoms with Gasteiger partial charge in [-0.2, -0.15) is 5.10 Å². The number of hydrogen-bond donors (Lipinski definition) is 1. The van der Waals surface area contributed by atoms with E-state index in [-0.39, 0.29) is 5.91 Å². The minimum atomic E-state index is -0.669. The second kappa shape index (κ2) is 8.49. The van der Waals surface area contributed by atoms with Crippen molar-refractivity contribution >= 4 is 28.1 Å². The van der Waals surface area contributed by atoms with Crippen LogP contribution in [0.1, 0.15) is 18.1 Å². The Kier molecular flexibility index (Phi) is 6.37. The first kappa shape index (κ1) is 18.0. The Balaban J connectivity index is 1.89. The van der Waals surface area contributed by atoms with Crippen LogP contribution in [0.5, 0.6) is 11.5 Å². The Hall–Kier alpha value is -2.34. The van der Waals surface area contributed by atoms with Gasteiger partial charge in [-0.05, 0) is 77.3 Å². The first-order chi connectivity index (χ1) is 11.5. The van der Waals surface area contributed by atoms with Gasteiger partial charge in [0, 0.05) is 0 Å². The molecular weight excluding hydrogens is 372 g/mol. The van der Waals surface area contributed by atoms with E-state index in [1.807, 2.05) is 49.4 Å². The van der Waals surface area contributed by atoms with Crippen LogP contribution in [0.4, 0.5) is 0 Å². The summed E-state index contributed by atoms with van der Waals surface area (Å²) in [5.74, 6) is 1.05. The van der Waals surface area contributed by atoms with Crippen molar-refractivity contribution in [3.8, 4) is 11.5 Å². The highest BCUT2D eigenvalue weighted by Crippen LogP contribution is 2.26. The number of halogens is 1. The predicted molar refractivity (Wildman–Crippen MR) is 97.7 cm³/mol. The van der Waals surface area contributed by atoms with Gasteiger partial charge >= 0.3 is 0 Å². The van der Waals surface area contributed by atoms with Crippen molar-refractivity contribution < 1.29 is 14.3 Å². The van der Waals surface area contributed by atoms with E-state index in [1.165, 1.54) is 0 Å². The summed E-state index contributed by atoms with van der Waals surface area (Å²) in [4.78, 5) is 12.0. The van der Waals surface area contributed by atoms with E-state index >= 15 is 0 Å². The number of hydrazone groups is 1. The Morgan fingerprint density at radius 1 is 1.25 bits per heavy atom. The molecule has 0 aliphatic carbocycles. The van der Waals surface area contributed by atoms with Crippen LogP contribution < -0.4 is 14.9 Å². The third-order valence-electron chi connectivity index (χ3n) is 3.26. The van der Waals surface area contributed by atoms with Crippen LogP contribution in [0.15, 0.2) is 52.0 Å². The lowest BCUT2D eigenvalue weighted by Gasteiger charge is -2.14. The van der Waals surface area contributed by atoms with Gasteiger partial charge in [0.25, 0.3) is 5.91 Å². The van der Waals surface area contributed by atoms with E-state index in [0.717, 1.165) is 21.3 Å². The molecule has 0 saturated heterocycles. The molecule has 126 valence electrons. The van der Waals surface area contributed by atoms with Crippen molar-refractivity contribution in [3.05, 3.63) is 58.1 Å². The molecule has 2 aromatic carbocycles. The molecule has 0 aliphatic heterocycles. The molecule has 0 unspecified atom stereocenters. The summed E-state index contributed by atoms with van der Waals surface area (Å²) in [6, 6.07) is 13.0. The third kappa shape index (κ3) is 5.09. The first-order valence-corrected chi connectivity index (χ1v) is 8.18. The van der Waals surface area contributed by atoms with Crippen LogP contribution in [-0.4, -0.2) is 25.3 Å². The summed E-state index contributed by atoms with van der Waals surface area (Å²) >= 11 is 3.42. The van der Waals surface area contributed by atoms with E-state index in [2.05, 4.69) is 26.5 Å². The number of amides is 1. The molecule has 0 aromatic heterocycles. The van der Waals surface area contributed by atoms with Crippen molar-refractivity contribution in [1.29, 1.82) is 0 Å². The van der Waals surface area contributed by atoms with E-state index in [4.69, 9.17) is 9.47 Å². The number of carbonyl (C=O) groups excluding carboxylic acids is 1. The maximum atomic E-state index is 12.0. The summed E-state index contributed by atoms with van der Waals surface area (Å²) in [7, 11) is 1.61. The van der Waals surface area contributed by atoms with Crippen LogP contribution in [0.25, 0.3) is 0 Å². The lowest BCUT2D eigenvalue weighted by Crippen LogP contribution is -2.33. The molecular formula is C18H19BrN2O3. The van der Waals surface area contributed by atoms with Crippen LogP contribution in [0.2, 0.25) is 0 Å². The number of rotatable bonds is 6. The molecule has 0 spiro atoms. The molecule has 1 N–H and O–H groups in total. The Bertz CT molecular complexity index is 730. The number of ether oxygens (including phenoxy) is 2. The molecule has 0 heterocycles. The van der Waals surface area contributed by atoms with Gasteiger partial charge in [-0.1, -0.05) is 6.07 Å². The Labute approximate surface area is 149 Å². The summed E-state index contributed by atoms with van der Waals surface area (Å²) in [5.41, 5.74) is 4.43. The van der Waals surface area contributed by atoms with Crippen molar-refractivity contribution in [2.45, 2.75) is 20.0 Å². The van der Waals surface area contributed by atoms with Gasteiger partial charge in [0.05, 0.1) is 17.8 Å². The summed E-state index contributed by atoms with van der Waals surface area (Å²) in [5, 5.41) is 3.94. The monoisotopic (exact) mass is 390 g/mol. The minimum Gasteiger partial charge on any atom is -0.497 e. The maximum absolute atomic E-state index is 12.0. The molecule has 2 aromatic rings. The zero-order chi connectivity index (χ0) is 17.5. The summed E-state index contributed by atoms with van der Waals surface area (Å²) in [6.07, 6.45) is 0.892. The number of hydrogen-bond acceptors (Lipinski definition) is 4. The highest BCUT2D eigenvalue weighted by molar-refractivity contribution is 9.10. The average molecular weight is 391 g/mol. The third-order valence-corrected chi connectivity index (χ3v) is 3.88. The number of carbonyl (C=O) groups is 1. The molecule has 2 rings (SSSR count). The normalized spacial score (nSPS) is 12.0. The quantitative estimate of drug-likeness (QED) is 0.604. The van der Waals surface area contributed by atoms with Crippen molar-refractivity contribution in [3.63, 3.8) is 0 Å². The van der Waals surface area contributed by atoms with Crippen LogP contribution in [0.3, 0.4) is 0 Å². The molecule has 0 bridgehead atoms. The zero-order valence-electron chi connectivity index (χ0n) is 13.7. The Morgan fingerprint density at radius 3 is 2.58 bits per heavy atom. The van der Waals surface area contributed by atoms with Gasteiger partial charge in [0.15, 0.2) is 6.10 Å². The largest absolute Gasteiger partial charge is 0.497 e. The van der Waals surface area contributed by atoms with Crippen LogP contribution in [-0.2, 0) is 4.79 Å². The van der Waals surface area contributed by atoms with Gasteiger partial charge in [-0.3, -0.25) is 4.79 Å². The number of nitrogens with one attached hydrogen (secondary N) is 1. The number of methoxy groups -OCH3 is 1. The fraction of sp³-hybridized carbons (Fsp3) is 0.222. The van der Waals surface area contributed by atoms with Gasteiger partial charge in [0.2, 0.25) is 0 Å². The molecule has 24 heavy (non-hydrogen) atoms. The molecule has 0 saturated carbocycles. The molecule has 5 nitrogen and oxygen atoms in total. The molecule has 1 amide bonds. The maximum Gasteiger partial charge on any atom is 0.280 e. The summed E-state index contributed by atoms with van der Waals surface area (Å²) < 4.78 is 11.5. The molecule has 0 radical (unpaired) electrons. The lowest BCUT2D eigenvalue weighted by atomic mass is 10.2. The van der Waals surface area contributed by atoms with Gasteiger partial charge in [-0.15, -0.1) is 0 Å². The topological polar surface area (TPSA) is 59.9 Å². The smallest absolute Gasteiger partial charge is 0.280 e. The second-order valence-electron chi connectivity index (χ2n) is 5.20. The van der Waals surface area contributed by atoms with E-state index < -0.39 is 6.10 Å². The fourth-order valence-corrected chi connectivity index (χ4v) is 2.48. The average Bonchev–Trinajstić information content (AvgIpc) is 2.57. The van der Waals surface area contributed by atoms with Gasteiger partial charge in [-0.25, -0.2) is 5.43 Å². The molecule has 0 fully saturated rings. The number of nitrogens with zero attached hydrogens (tertiary/aromatic N) is 1. The molecule has 1 atom stereocenters. The molecule has 0 aliphatic rings. The molecule has 6 heteroatoms. The van der Waals surface area contributed by atoms with Crippen molar-refractivity contribution in [2.75, 3.05) is 7.11 Å². The number of benzene rings is 2. The van der Waals surface area contributed by atoms with Crippen molar-refractivity contribution in [1.82, 2.24) is 5.43 Å². The Morgan fingerprint density at radius 2 is 1.96 bits per heavy atom. The predicted octanol–water partition coefficient (Wildman–Crippen LogP) is 3.68. The van der Waals surface area contributed by atoms with E-state index in [1.54, 1.807) is 20.2 Å². The number of aryl methyl sites for hydroxylation is 1. The van der Waals surface area contributed by atoms with Gasteiger partial charge in [0.1, 0.15) is 11.5 Å². The van der Waals surface area contributed by atoms with Crippen LogP contribution >= 0.6 is 15.9 Å². The van der Waals surface area contributed by atoms with E-state index in [0.29, 0.717) is 5.75 Å².